The van der Waals surface area contributed by atoms with Gasteiger partial charge in [-0.2, -0.15) is 5.10 Å². The molecule has 1 amide bonds. The van der Waals surface area contributed by atoms with Crippen LogP contribution in [0.2, 0.25) is 0 Å². The highest BCUT2D eigenvalue weighted by Crippen LogP contribution is 2.36. The molecule has 1 aromatic heterocycles. The summed E-state index contributed by atoms with van der Waals surface area (Å²) < 4.78 is 19.1. The van der Waals surface area contributed by atoms with Gasteiger partial charge in [0.2, 0.25) is 0 Å². The Morgan fingerprint density at radius 1 is 1.33 bits per heavy atom. The summed E-state index contributed by atoms with van der Waals surface area (Å²) in [6.45, 7) is 0. The van der Waals surface area contributed by atoms with E-state index in [0.29, 0.717) is 28.0 Å². The van der Waals surface area contributed by atoms with Crippen LogP contribution in [0.25, 0.3) is 22.2 Å². The number of hydrogen-bond donors (Lipinski definition) is 2. The first-order valence-corrected chi connectivity index (χ1v) is 7.79. The molecule has 0 saturated heterocycles. The van der Waals surface area contributed by atoms with Crippen molar-refractivity contribution in [3.8, 4) is 17.0 Å². The van der Waals surface area contributed by atoms with Gasteiger partial charge in [0.25, 0.3) is 5.91 Å². The molecule has 0 spiro atoms. The minimum atomic E-state index is -0.342. The second-order valence-corrected chi connectivity index (χ2v) is 5.90. The molecule has 6 heteroatoms. The molecule has 0 aliphatic heterocycles. The van der Waals surface area contributed by atoms with Crippen LogP contribution in [0.1, 0.15) is 23.2 Å². The lowest BCUT2D eigenvalue weighted by Gasteiger charge is -2.11. The molecule has 122 valence electrons. The fraction of sp³-hybridized carbons (Fsp3) is 0.222. The Morgan fingerprint density at radius 2 is 2.17 bits per heavy atom. The van der Waals surface area contributed by atoms with E-state index in [-0.39, 0.29) is 17.8 Å². The Morgan fingerprint density at radius 3 is 2.88 bits per heavy atom. The molecule has 5 nitrogen and oxygen atoms in total. The van der Waals surface area contributed by atoms with Gasteiger partial charge in [-0.25, -0.2) is 4.39 Å². The average Bonchev–Trinajstić information content (AvgIpc) is 3.29. The molecule has 3 aromatic rings. The molecule has 1 saturated carbocycles. The van der Waals surface area contributed by atoms with Crippen molar-refractivity contribution in [3.63, 3.8) is 0 Å². The monoisotopic (exact) mass is 325 g/mol. The number of fused-ring (bicyclic) bond motifs is 1. The van der Waals surface area contributed by atoms with Gasteiger partial charge in [0, 0.05) is 11.6 Å². The van der Waals surface area contributed by atoms with Gasteiger partial charge in [0.05, 0.1) is 23.6 Å². The Hall–Kier alpha value is -2.89. The second kappa shape index (κ2) is 5.63. The number of nitrogens with one attached hydrogen (secondary N) is 2. The van der Waals surface area contributed by atoms with Crippen LogP contribution in [-0.2, 0) is 0 Å². The number of hydrogen-bond acceptors (Lipinski definition) is 3. The number of methoxy groups -OCH3 is 1. The van der Waals surface area contributed by atoms with Crippen LogP contribution in [0, 0.1) is 5.82 Å². The maximum Gasteiger partial charge on any atom is 0.255 e. The molecule has 24 heavy (non-hydrogen) atoms. The van der Waals surface area contributed by atoms with Crippen LogP contribution in [-0.4, -0.2) is 29.3 Å². The predicted molar refractivity (Wildman–Crippen MR) is 88.5 cm³/mol. The molecule has 0 bridgehead atoms. The highest BCUT2D eigenvalue weighted by atomic mass is 19.1. The molecular weight excluding hydrogens is 309 g/mol. The Balaban J connectivity index is 1.88. The fourth-order valence-corrected chi connectivity index (χ4v) is 2.81. The smallest absolute Gasteiger partial charge is 0.255 e. The molecule has 2 aromatic carbocycles. The molecule has 0 radical (unpaired) electrons. The molecule has 1 heterocycles. The number of carbonyl (C=O) groups is 1. The first kappa shape index (κ1) is 14.7. The number of H-pyrrole nitrogens is 1. The van der Waals surface area contributed by atoms with Crippen LogP contribution in [0.3, 0.4) is 0 Å². The topological polar surface area (TPSA) is 67.0 Å². The van der Waals surface area contributed by atoms with E-state index < -0.39 is 0 Å². The minimum Gasteiger partial charge on any atom is -0.495 e. The minimum absolute atomic E-state index is 0.164. The van der Waals surface area contributed by atoms with Crippen molar-refractivity contribution >= 4 is 16.8 Å². The number of ether oxygens (including phenoxy) is 1. The second-order valence-electron chi connectivity index (χ2n) is 5.90. The van der Waals surface area contributed by atoms with Crippen molar-refractivity contribution < 1.29 is 13.9 Å². The van der Waals surface area contributed by atoms with Gasteiger partial charge in [0.1, 0.15) is 17.3 Å². The van der Waals surface area contributed by atoms with Gasteiger partial charge < -0.3 is 10.1 Å². The lowest BCUT2D eigenvalue weighted by molar-refractivity contribution is 0.0948. The van der Waals surface area contributed by atoms with Crippen molar-refractivity contribution in [3.05, 3.63) is 47.8 Å². The zero-order valence-electron chi connectivity index (χ0n) is 13.1. The van der Waals surface area contributed by atoms with E-state index in [4.69, 9.17) is 4.74 Å². The molecular formula is C18H16FN3O2. The highest BCUT2D eigenvalue weighted by molar-refractivity contribution is 6.07. The van der Waals surface area contributed by atoms with Gasteiger partial charge in [0.15, 0.2) is 0 Å². The zero-order chi connectivity index (χ0) is 16.7. The number of amides is 1. The first-order valence-electron chi connectivity index (χ1n) is 7.79. The third kappa shape index (κ3) is 2.50. The van der Waals surface area contributed by atoms with Gasteiger partial charge in [-0.1, -0.05) is 12.1 Å². The number of halogens is 1. The van der Waals surface area contributed by atoms with Crippen molar-refractivity contribution in [1.82, 2.24) is 15.5 Å². The lowest BCUT2D eigenvalue weighted by Crippen LogP contribution is -2.25. The quantitative estimate of drug-likeness (QED) is 0.773. The van der Waals surface area contributed by atoms with E-state index in [1.807, 2.05) is 0 Å². The van der Waals surface area contributed by atoms with Crippen molar-refractivity contribution in [2.75, 3.05) is 7.11 Å². The predicted octanol–water partition coefficient (Wildman–Crippen LogP) is 3.27. The van der Waals surface area contributed by atoms with E-state index in [1.54, 1.807) is 24.3 Å². The maximum absolute atomic E-state index is 13.6. The number of nitrogens with zero attached hydrogens (tertiary/aromatic N) is 1. The number of aromatic nitrogens is 2. The fourth-order valence-electron chi connectivity index (χ4n) is 2.81. The standard InChI is InChI=1S/C18H16FN3O2/c1-24-17-13(18(23)20-12-5-6-12)7-8-14-15(17)16(22-21-14)10-3-2-4-11(19)9-10/h2-4,7-9,12H,5-6H2,1H3,(H,20,23)(H,21,22). The van der Waals surface area contributed by atoms with Gasteiger partial charge in [-0.05, 0) is 37.1 Å². The third-order valence-electron chi connectivity index (χ3n) is 4.14. The van der Waals surface area contributed by atoms with Crippen molar-refractivity contribution in [2.24, 2.45) is 0 Å². The van der Waals surface area contributed by atoms with E-state index >= 15 is 0 Å². The van der Waals surface area contributed by atoms with Crippen LogP contribution < -0.4 is 10.1 Å². The number of benzene rings is 2. The lowest BCUT2D eigenvalue weighted by atomic mass is 10.0. The Labute approximate surface area is 137 Å². The van der Waals surface area contributed by atoms with E-state index in [1.165, 1.54) is 19.2 Å². The van der Waals surface area contributed by atoms with Gasteiger partial charge in [-0.3, -0.25) is 9.89 Å². The maximum atomic E-state index is 13.6. The molecule has 1 aliphatic carbocycles. The normalized spacial score (nSPS) is 13.9. The SMILES string of the molecule is COc1c(C(=O)NC2CC2)ccc2[nH]nc(-c3cccc(F)c3)c12. The van der Waals surface area contributed by atoms with Crippen molar-refractivity contribution in [1.29, 1.82) is 0 Å². The summed E-state index contributed by atoms with van der Waals surface area (Å²) in [6, 6.07) is 9.94. The summed E-state index contributed by atoms with van der Waals surface area (Å²) in [5, 5.41) is 10.8. The molecule has 4 rings (SSSR count). The summed E-state index contributed by atoms with van der Waals surface area (Å²) in [7, 11) is 1.52. The summed E-state index contributed by atoms with van der Waals surface area (Å²) in [5.41, 5.74) is 2.37. The Bertz CT molecular complexity index is 931. The highest BCUT2D eigenvalue weighted by Gasteiger charge is 2.26. The summed E-state index contributed by atoms with van der Waals surface area (Å²) in [6.07, 6.45) is 2.02. The molecule has 1 fully saturated rings. The molecule has 2 N–H and O–H groups in total. The summed E-state index contributed by atoms with van der Waals surface area (Å²) >= 11 is 0. The first-order chi connectivity index (χ1) is 11.7. The van der Waals surface area contributed by atoms with Crippen molar-refractivity contribution in [2.45, 2.75) is 18.9 Å². The van der Waals surface area contributed by atoms with Gasteiger partial charge >= 0.3 is 0 Å². The largest absolute Gasteiger partial charge is 0.495 e. The van der Waals surface area contributed by atoms with Crippen LogP contribution in [0.4, 0.5) is 4.39 Å². The van der Waals surface area contributed by atoms with Crippen LogP contribution in [0.5, 0.6) is 5.75 Å². The zero-order valence-corrected chi connectivity index (χ0v) is 13.1. The van der Waals surface area contributed by atoms with Gasteiger partial charge in [-0.15, -0.1) is 0 Å². The van der Waals surface area contributed by atoms with E-state index in [0.717, 1.165) is 18.4 Å². The van der Waals surface area contributed by atoms with E-state index in [9.17, 15) is 9.18 Å². The number of aromatic amines is 1. The van der Waals surface area contributed by atoms with Crippen LogP contribution >= 0.6 is 0 Å². The number of rotatable bonds is 4. The summed E-state index contributed by atoms with van der Waals surface area (Å²) in [4.78, 5) is 12.5. The average molecular weight is 325 g/mol. The van der Waals surface area contributed by atoms with Crippen LogP contribution in [0.15, 0.2) is 36.4 Å². The summed E-state index contributed by atoms with van der Waals surface area (Å²) in [5.74, 6) is -0.0634. The number of carbonyl (C=O) groups excluding carboxylic acids is 1. The Kier molecular flexibility index (Phi) is 3.45. The third-order valence-corrected chi connectivity index (χ3v) is 4.14. The van der Waals surface area contributed by atoms with E-state index in [2.05, 4.69) is 15.5 Å². The molecule has 1 aliphatic rings. The molecule has 0 unspecified atom stereocenters. The molecule has 0 atom stereocenters.